The number of carbonyl (C=O) groups excluding carboxylic acids is 1. The minimum Gasteiger partial charge on any atom is -0.381 e. The zero-order valence-corrected chi connectivity index (χ0v) is 14.3. The molecule has 2 aromatic rings. The van der Waals surface area contributed by atoms with E-state index in [1.165, 1.54) is 11.3 Å². The van der Waals surface area contributed by atoms with Gasteiger partial charge in [0.1, 0.15) is 4.88 Å². The van der Waals surface area contributed by atoms with Gasteiger partial charge in [0.05, 0.1) is 11.8 Å². The Kier molecular flexibility index (Phi) is 3.73. The maximum Gasteiger partial charge on any atom is 0.266 e. The average molecular weight is 331 g/mol. The largest absolute Gasteiger partial charge is 0.381 e. The lowest BCUT2D eigenvalue weighted by Gasteiger charge is -2.38. The van der Waals surface area contributed by atoms with E-state index in [9.17, 15) is 4.79 Å². The molecule has 2 fully saturated rings. The van der Waals surface area contributed by atoms with Gasteiger partial charge in [0, 0.05) is 31.6 Å². The zero-order valence-electron chi connectivity index (χ0n) is 13.4. The molecule has 0 saturated carbocycles. The van der Waals surface area contributed by atoms with Gasteiger partial charge >= 0.3 is 0 Å². The lowest BCUT2D eigenvalue weighted by Crippen LogP contribution is -2.48. The fourth-order valence-electron chi connectivity index (χ4n) is 3.92. The Morgan fingerprint density at radius 1 is 1.26 bits per heavy atom. The number of fused-ring (bicyclic) bond motifs is 2. The fourth-order valence-corrected chi connectivity index (χ4v) is 4.90. The van der Waals surface area contributed by atoms with Crippen LogP contribution in [0.2, 0.25) is 0 Å². The second-order valence-corrected chi connectivity index (χ2v) is 7.41. The highest BCUT2D eigenvalue weighted by Crippen LogP contribution is 2.38. The summed E-state index contributed by atoms with van der Waals surface area (Å²) in [6.07, 6.45) is 8.33. The first kappa shape index (κ1) is 14.9. The van der Waals surface area contributed by atoms with Gasteiger partial charge in [-0.05, 0) is 44.7 Å². The lowest BCUT2D eigenvalue weighted by molar-refractivity contribution is 0.00842. The number of rotatable bonds is 3. The summed E-state index contributed by atoms with van der Waals surface area (Å²) in [5.74, 6) is 0.153. The van der Waals surface area contributed by atoms with Crippen molar-refractivity contribution >= 4 is 17.2 Å². The molecule has 6 heteroatoms. The number of thiazole rings is 1. The van der Waals surface area contributed by atoms with E-state index in [1.807, 2.05) is 36.0 Å². The third-order valence-electron chi connectivity index (χ3n) is 5.06. The topological polar surface area (TPSA) is 47.4 Å². The van der Waals surface area contributed by atoms with Crippen molar-refractivity contribution in [3.05, 3.63) is 35.1 Å². The van der Waals surface area contributed by atoms with E-state index < -0.39 is 0 Å². The average Bonchev–Trinajstić information content (AvgIpc) is 3.25. The second-order valence-electron chi connectivity index (χ2n) is 6.43. The Morgan fingerprint density at radius 2 is 1.91 bits per heavy atom. The van der Waals surface area contributed by atoms with Gasteiger partial charge in [0.25, 0.3) is 5.91 Å². The summed E-state index contributed by atoms with van der Waals surface area (Å²) in [7, 11) is 1.78. The van der Waals surface area contributed by atoms with Crippen molar-refractivity contribution in [2.24, 2.45) is 0 Å². The number of piperidine rings is 1. The predicted molar refractivity (Wildman–Crippen MR) is 89.2 cm³/mol. The van der Waals surface area contributed by atoms with Gasteiger partial charge in [-0.1, -0.05) is 11.3 Å². The van der Waals surface area contributed by atoms with Crippen LogP contribution in [-0.2, 0) is 4.74 Å². The normalized spacial score (nSPS) is 26.7. The Labute approximate surface area is 139 Å². The number of methoxy groups -OCH3 is 1. The van der Waals surface area contributed by atoms with Crippen LogP contribution in [0.1, 0.15) is 41.0 Å². The molecule has 2 saturated heterocycles. The summed E-state index contributed by atoms with van der Waals surface area (Å²) in [4.78, 5) is 20.6. The van der Waals surface area contributed by atoms with Crippen LogP contribution in [-0.4, -0.2) is 45.7 Å². The molecule has 23 heavy (non-hydrogen) atoms. The number of aromatic nitrogens is 2. The number of hydrogen-bond acceptors (Lipinski definition) is 4. The van der Waals surface area contributed by atoms with E-state index in [0.717, 1.165) is 41.4 Å². The first-order valence-corrected chi connectivity index (χ1v) is 8.95. The van der Waals surface area contributed by atoms with Gasteiger partial charge in [0.2, 0.25) is 0 Å². The number of ether oxygens (including phenoxy) is 1. The lowest BCUT2D eigenvalue weighted by atomic mass is 9.99. The summed E-state index contributed by atoms with van der Waals surface area (Å²) in [6, 6.07) is 4.58. The Hall–Kier alpha value is -1.66. The van der Waals surface area contributed by atoms with E-state index in [0.29, 0.717) is 18.2 Å². The van der Waals surface area contributed by atoms with Crippen LogP contribution in [0.5, 0.6) is 0 Å². The Bertz CT molecular complexity index is 696. The molecular formula is C17H21N3O2S. The van der Waals surface area contributed by atoms with E-state index in [1.54, 1.807) is 7.11 Å². The van der Waals surface area contributed by atoms with Crippen molar-refractivity contribution in [1.82, 2.24) is 14.5 Å². The van der Waals surface area contributed by atoms with Crippen LogP contribution >= 0.6 is 11.3 Å². The van der Waals surface area contributed by atoms with E-state index in [2.05, 4.69) is 9.88 Å². The van der Waals surface area contributed by atoms with Gasteiger partial charge in [-0.15, -0.1) is 0 Å². The summed E-state index contributed by atoms with van der Waals surface area (Å²) < 4.78 is 7.49. The maximum atomic E-state index is 13.1. The Morgan fingerprint density at radius 3 is 2.52 bits per heavy atom. The third kappa shape index (κ3) is 2.50. The molecule has 2 unspecified atom stereocenters. The Balaban J connectivity index is 1.61. The van der Waals surface area contributed by atoms with E-state index in [4.69, 9.17) is 4.74 Å². The van der Waals surface area contributed by atoms with Crippen LogP contribution in [0, 0.1) is 6.92 Å². The quantitative estimate of drug-likeness (QED) is 0.868. The van der Waals surface area contributed by atoms with Crippen LogP contribution in [0.4, 0.5) is 0 Å². The van der Waals surface area contributed by atoms with Crippen molar-refractivity contribution in [2.75, 3.05) is 7.11 Å². The van der Waals surface area contributed by atoms with Crippen LogP contribution in [0.25, 0.3) is 5.13 Å². The minimum atomic E-state index is 0.153. The number of hydrogen-bond donors (Lipinski definition) is 0. The molecule has 2 aromatic heterocycles. The van der Waals surface area contributed by atoms with Gasteiger partial charge in [-0.25, -0.2) is 4.98 Å². The monoisotopic (exact) mass is 331 g/mol. The highest BCUT2D eigenvalue weighted by molar-refractivity contribution is 7.16. The molecule has 2 aliphatic rings. The molecule has 0 aromatic carbocycles. The standard InChI is InChI=1S/C17H21N3O2S/c1-11-15(23-17(18-11)19-7-3-4-8-19)16(21)20-12-5-6-13(20)10-14(9-12)22-2/h3-4,7-8,12-14H,5-6,9-10H2,1-2H3. The van der Waals surface area contributed by atoms with E-state index in [-0.39, 0.29) is 5.91 Å². The minimum absolute atomic E-state index is 0.153. The molecule has 2 aliphatic heterocycles. The SMILES string of the molecule is COC1CC2CCC(C1)N2C(=O)c1sc(-n2cccc2)nc1C. The maximum absolute atomic E-state index is 13.1. The molecule has 1 amide bonds. The molecule has 2 bridgehead atoms. The highest BCUT2D eigenvalue weighted by Gasteiger charge is 2.44. The highest BCUT2D eigenvalue weighted by atomic mass is 32.1. The molecule has 5 nitrogen and oxygen atoms in total. The van der Waals surface area contributed by atoms with Gasteiger partial charge in [-0.2, -0.15) is 0 Å². The number of carbonyl (C=O) groups is 1. The van der Waals surface area contributed by atoms with Gasteiger partial charge in [-0.3, -0.25) is 4.79 Å². The van der Waals surface area contributed by atoms with Crippen molar-refractivity contribution in [3.8, 4) is 5.13 Å². The molecule has 2 atom stereocenters. The molecule has 0 radical (unpaired) electrons. The zero-order chi connectivity index (χ0) is 16.0. The molecule has 4 rings (SSSR count). The van der Waals surface area contributed by atoms with Gasteiger partial charge in [0.15, 0.2) is 5.13 Å². The third-order valence-corrected chi connectivity index (χ3v) is 6.22. The summed E-state index contributed by atoms with van der Waals surface area (Å²) in [5.41, 5.74) is 0.831. The van der Waals surface area contributed by atoms with Crippen molar-refractivity contribution in [1.29, 1.82) is 0 Å². The van der Waals surface area contributed by atoms with Crippen LogP contribution in [0.15, 0.2) is 24.5 Å². The summed E-state index contributed by atoms with van der Waals surface area (Å²) in [6.45, 7) is 1.93. The first-order chi connectivity index (χ1) is 11.2. The van der Waals surface area contributed by atoms with Crippen molar-refractivity contribution in [3.63, 3.8) is 0 Å². The van der Waals surface area contributed by atoms with Crippen molar-refractivity contribution in [2.45, 2.75) is 50.8 Å². The second kappa shape index (κ2) is 5.76. The molecule has 4 heterocycles. The molecular weight excluding hydrogens is 310 g/mol. The molecule has 0 aliphatic carbocycles. The number of aryl methyl sites for hydroxylation is 1. The van der Waals surface area contributed by atoms with Crippen LogP contribution < -0.4 is 0 Å². The number of nitrogens with zero attached hydrogens (tertiary/aromatic N) is 3. The molecule has 0 spiro atoms. The smallest absolute Gasteiger partial charge is 0.266 e. The summed E-state index contributed by atoms with van der Waals surface area (Å²) >= 11 is 1.49. The summed E-state index contributed by atoms with van der Waals surface area (Å²) in [5, 5.41) is 0.856. The molecule has 0 N–H and O–H groups in total. The van der Waals surface area contributed by atoms with Crippen molar-refractivity contribution < 1.29 is 9.53 Å². The fraction of sp³-hybridized carbons (Fsp3) is 0.529. The van der Waals surface area contributed by atoms with E-state index >= 15 is 0 Å². The number of amides is 1. The molecule has 122 valence electrons. The van der Waals surface area contributed by atoms with Gasteiger partial charge < -0.3 is 14.2 Å². The first-order valence-electron chi connectivity index (χ1n) is 8.13. The van der Waals surface area contributed by atoms with Crippen LogP contribution in [0.3, 0.4) is 0 Å². The predicted octanol–water partition coefficient (Wildman–Crippen LogP) is 3.02.